The van der Waals surface area contributed by atoms with Crippen molar-refractivity contribution in [1.29, 1.82) is 0 Å². The second-order valence-electron chi connectivity index (χ2n) is 6.49. The van der Waals surface area contributed by atoms with Crippen LogP contribution in [-0.4, -0.2) is 28.3 Å². The molecular formula is C20H19NO5S2. The first-order chi connectivity index (χ1) is 13.4. The highest BCUT2D eigenvalue weighted by Crippen LogP contribution is 2.63. The third-order valence-corrected chi connectivity index (χ3v) is 8.82. The fraction of sp³-hybridized carbons (Fsp3) is 0.150. The summed E-state index contributed by atoms with van der Waals surface area (Å²) >= 11 is 0. The van der Waals surface area contributed by atoms with Crippen LogP contribution in [0.3, 0.4) is 0 Å². The van der Waals surface area contributed by atoms with E-state index >= 15 is 0 Å². The summed E-state index contributed by atoms with van der Waals surface area (Å²) in [7, 11) is -7.04. The largest absolute Gasteiger partial charge is 0.489 e. The molecule has 1 atom stereocenters. The standard InChI is InChI=1S/C20H19NO5S2/c22-27(23)14-19(28(24,25)16-5-2-1-3-6-16)20-17(7-4-8-18(20)27)26-13-15-9-11-21-12-10-15/h1-12,19,22-23H,13-14H2. The van der Waals surface area contributed by atoms with Crippen molar-refractivity contribution < 1.29 is 22.3 Å². The Morgan fingerprint density at radius 2 is 1.71 bits per heavy atom. The molecule has 28 heavy (non-hydrogen) atoms. The van der Waals surface area contributed by atoms with Crippen LogP contribution in [0, 0.1) is 0 Å². The van der Waals surface area contributed by atoms with E-state index in [2.05, 4.69) is 4.98 Å². The second kappa shape index (κ2) is 7.21. The van der Waals surface area contributed by atoms with Crippen LogP contribution >= 0.6 is 10.6 Å². The van der Waals surface area contributed by atoms with Crippen LogP contribution in [0.5, 0.6) is 5.75 Å². The van der Waals surface area contributed by atoms with Crippen molar-refractivity contribution in [3.8, 4) is 5.75 Å². The van der Waals surface area contributed by atoms with E-state index in [0.717, 1.165) is 5.56 Å². The molecule has 0 bridgehead atoms. The Hall–Kier alpha value is -2.39. The number of hydrogen-bond donors (Lipinski definition) is 2. The summed E-state index contributed by atoms with van der Waals surface area (Å²) in [5.74, 6) is 0.0751. The maximum atomic E-state index is 13.2. The average Bonchev–Trinajstić information content (AvgIpc) is 3.00. The lowest BCUT2D eigenvalue weighted by atomic mass is 10.1. The van der Waals surface area contributed by atoms with Crippen LogP contribution < -0.4 is 4.74 Å². The Balaban J connectivity index is 1.76. The molecule has 8 heteroatoms. The molecule has 2 heterocycles. The van der Waals surface area contributed by atoms with Gasteiger partial charge in [-0.2, -0.15) is 10.6 Å². The predicted molar refractivity (Wildman–Crippen MR) is 107 cm³/mol. The van der Waals surface area contributed by atoms with Crippen molar-refractivity contribution in [2.75, 3.05) is 5.75 Å². The minimum atomic E-state index is -3.82. The highest BCUT2D eigenvalue weighted by molar-refractivity contribution is 8.25. The normalized spacial score (nSPS) is 19.0. The van der Waals surface area contributed by atoms with Gasteiger partial charge in [-0.25, -0.2) is 8.42 Å². The van der Waals surface area contributed by atoms with E-state index in [-0.39, 0.29) is 22.2 Å². The molecule has 146 valence electrons. The fourth-order valence-corrected chi connectivity index (χ4v) is 7.73. The number of fused-ring (bicyclic) bond motifs is 1. The van der Waals surface area contributed by atoms with Crippen molar-refractivity contribution in [2.24, 2.45) is 0 Å². The highest BCUT2D eigenvalue weighted by atomic mass is 32.3. The van der Waals surface area contributed by atoms with Gasteiger partial charge < -0.3 is 4.74 Å². The van der Waals surface area contributed by atoms with Crippen LogP contribution in [0.2, 0.25) is 0 Å². The lowest BCUT2D eigenvalue weighted by molar-refractivity contribution is 0.302. The minimum absolute atomic E-state index is 0.145. The molecule has 0 amide bonds. The van der Waals surface area contributed by atoms with E-state index < -0.39 is 25.7 Å². The Kier molecular flexibility index (Phi) is 4.88. The van der Waals surface area contributed by atoms with Crippen molar-refractivity contribution >= 4 is 20.4 Å². The molecule has 0 saturated heterocycles. The number of benzene rings is 2. The number of hydrogen-bond acceptors (Lipinski definition) is 6. The monoisotopic (exact) mass is 417 g/mol. The minimum Gasteiger partial charge on any atom is -0.489 e. The van der Waals surface area contributed by atoms with E-state index in [9.17, 15) is 17.5 Å². The van der Waals surface area contributed by atoms with Crippen LogP contribution in [0.4, 0.5) is 0 Å². The van der Waals surface area contributed by atoms with Crippen molar-refractivity contribution in [1.82, 2.24) is 4.98 Å². The van der Waals surface area contributed by atoms with Crippen molar-refractivity contribution in [3.05, 3.63) is 84.2 Å². The molecule has 1 aliphatic heterocycles. The lowest BCUT2D eigenvalue weighted by Crippen LogP contribution is -2.16. The molecule has 2 N–H and O–H groups in total. The summed E-state index contributed by atoms with van der Waals surface area (Å²) in [6.07, 6.45) is 3.29. The molecule has 2 aromatic carbocycles. The van der Waals surface area contributed by atoms with Gasteiger partial charge in [0, 0.05) is 18.0 Å². The molecule has 1 aromatic heterocycles. The number of aromatic nitrogens is 1. The molecular weight excluding hydrogens is 398 g/mol. The van der Waals surface area contributed by atoms with E-state index in [1.807, 2.05) is 0 Å². The molecule has 6 nitrogen and oxygen atoms in total. The quantitative estimate of drug-likeness (QED) is 0.642. The van der Waals surface area contributed by atoms with Crippen LogP contribution in [0.1, 0.15) is 16.4 Å². The molecule has 0 saturated carbocycles. The Bertz CT molecular complexity index is 1090. The van der Waals surface area contributed by atoms with Gasteiger partial charge in [0.25, 0.3) is 0 Å². The summed E-state index contributed by atoms with van der Waals surface area (Å²) in [6.45, 7) is 0.219. The zero-order chi connectivity index (χ0) is 19.8. The number of sulfone groups is 1. The van der Waals surface area contributed by atoms with Gasteiger partial charge in [-0.05, 0) is 42.0 Å². The molecule has 0 spiro atoms. The first-order valence-electron chi connectivity index (χ1n) is 8.59. The Morgan fingerprint density at radius 1 is 1.00 bits per heavy atom. The van der Waals surface area contributed by atoms with Crippen molar-refractivity contribution in [3.63, 3.8) is 0 Å². The number of ether oxygens (including phenoxy) is 1. The van der Waals surface area contributed by atoms with E-state index in [1.54, 1.807) is 60.9 Å². The zero-order valence-electron chi connectivity index (χ0n) is 14.8. The maximum absolute atomic E-state index is 13.2. The topological polar surface area (TPSA) is 96.7 Å². The molecule has 1 unspecified atom stereocenters. The van der Waals surface area contributed by atoms with E-state index in [0.29, 0.717) is 11.3 Å². The van der Waals surface area contributed by atoms with Gasteiger partial charge in [-0.1, -0.05) is 24.3 Å². The van der Waals surface area contributed by atoms with Gasteiger partial charge in [0.05, 0.1) is 15.5 Å². The van der Waals surface area contributed by atoms with Gasteiger partial charge in [0.15, 0.2) is 9.84 Å². The van der Waals surface area contributed by atoms with Crippen LogP contribution in [0.15, 0.2) is 82.8 Å². The van der Waals surface area contributed by atoms with Crippen LogP contribution in [0.25, 0.3) is 0 Å². The van der Waals surface area contributed by atoms with E-state index in [4.69, 9.17) is 4.74 Å². The molecule has 0 aliphatic carbocycles. The highest BCUT2D eigenvalue weighted by Gasteiger charge is 2.45. The predicted octanol–water partition coefficient (Wildman–Crippen LogP) is 4.30. The molecule has 0 radical (unpaired) electrons. The van der Waals surface area contributed by atoms with Gasteiger partial charge in [0.1, 0.15) is 17.6 Å². The summed E-state index contributed by atoms with van der Waals surface area (Å²) < 4.78 is 53.5. The molecule has 4 rings (SSSR count). The summed E-state index contributed by atoms with van der Waals surface area (Å²) in [4.78, 5) is 4.34. The second-order valence-corrected chi connectivity index (χ2v) is 10.7. The fourth-order valence-electron chi connectivity index (χ4n) is 3.30. The molecule has 1 aliphatic rings. The van der Waals surface area contributed by atoms with Gasteiger partial charge in [0.2, 0.25) is 0 Å². The number of nitrogens with zero attached hydrogens (tertiary/aromatic N) is 1. The Labute approximate surface area is 165 Å². The Morgan fingerprint density at radius 3 is 2.43 bits per heavy atom. The number of pyridine rings is 1. The summed E-state index contributed by atoms with van der Waals surface area (Å²) in [5.41, 5.74) is 1.21. The third kappa shape index (κ3) is 3.40. The number of rotatable bonds is 5. The molecule has 0 fully saturated rings. The average molecular weight is 418 g/mol. The zero-order valence-corrected chi connectivity index (χ0v) is 16.4. The summed E-state index contributed by atoms with van der Waals surface area (Å²) in [5, 5.41) is -1.08. The smallest absolute Gasteiger partial charge is 0.187 e. The van der Waals surface area contributed by atoms with Gasteiger partial charge >= 0.3 is 0 Å². The first-order valence-corrected chi connectivity index (χ1v) is 11.9. The molecule has 3 aromatic rings. The van der Waals surface area contributed by atoms with Gasteiger partial charge in [-0.15, -0.1) is 0 Å². The third-order valence-electron chi connectivity index (χ3n) is 4.67. The SMILES string of the molecule is O=S(=O)(c1ccccc1)C1CS(O)(O)c2cccc(OCc3ccncc3)c21. The van der Waals surface area contributed by atoms with Gasteiger partial charge in [-0.3, -0.25) is 14.1 Å². The summed E-state index contributed by atoms with van der Waals surface area (Å²) in [6, 6.07) is 16.5. The maximum Gasteiger partial charge on any atom is 0.187 e. The first kappa shape index (κ1) is 18.9. The lowest BCUT2D eigenvalue weighted by Gasteiger charge is -2.27. The van der Waals surface area contributed by atoms with E-state index in [1.165, 1.54) is 12.1 Å². The van der Waals surface area contributed by atoms with Crippen LogP contribution in [-0.2, 0) is 16.4 Å². The van der Waals surface area contributed by atoms with Crippen molar-refractivity contribution in [2.45, 2.75) is 21.6 Å².